The van der Waals surface area contributed by atoms with Gasteiger partial charge in [-0.3, -0.25) is 0 Å². The topological polar surface area (TPSA) is 54.7 Å². The molecule has 0 N–H and O–H groups in total. The van der Waals surface area contributed by atoms with E-state index < -0.39 is 18.3 Å². The average Bonchev–Trinajstić information content (AvgIpc) is 3.25. The van der Waals surface area contributed by atoms with Gasteiger partial charge in [0.1, 0.15) is 17.8 Å². The highest BCUT2D eigenvalue weighted by atomic mass is 19.1. The van der Waals surface area contributed by atoms with E-state index in [9.17, 15) is 0 Å². The minimum Gasteiger partial charge on any atom is -0.497 e. The predicted molar refractivity (Wildman–Crippen MR) is 109 cm³/mol. The molecule has 0 spiro atoms. The summed E-state index contributed by atoms with van der Waals surface area (Å²) in [5, 5.41) is 4.39. The molecule has 1 atom stereocenters. The van der Waals surface area contributed by atoms with Gasteiger partial charge in [-0.2, -0.15) is 5.10 Å². The summed E-state index contributed by atoms with van der Waals surface area (Å²) in [6, 6.07) is 3.11. The Morgan fingerprint density at radius 2 is 1.90 bits per heavy atom. The molecule has 2 aliphatic heterocycles. The van der Waals surface area contributed by atoms with Gasteiger partial charge in [-0.1, -0.05) is 0 Å². The zero-order valence-corrected chi connectivity index (χ0v) is 17.7. The molecule has 2 saturated heterocycles. The maximum atomic E-state index is 15.1. The Hall–Kier alpha value is -1.90. The van der Waals surface area contributed by atoms with E-state index in [0.717, 1.165) is 25.9 Å². The molecule has 0 bridgehead atoms. The van der Waals surface area contributed by atoms with Crippen molar-refractivity contribution in [2.45, 2.75) is 64.4 Å². The summed E-state index contributed by atoms with van der Waals surface area (Å²) in [5.41, 5.74) is 0.604. The van der Waals surface area contributed by atoms with Crippen molar-refractivity contribution in [3.05, 3.63) is 30.3 Å². The number of rotatable bonds is 4. The van der Waals surface area contributed by atoms with Crippen LogP contribution in [0.5, 0.6) is 5.75 Å². The first-order chi connectivity index (χ1) is 13.7. The molecule has 2 aromatic rings. The van der Waals surface area contributed by atoms with Crippen LogP contribution in [0.1, 0.15) is 53.2 Å². The van der Waals surface area contributed by atoms with E-state index in [2.05, 4.69) is 5.10 Å². The number of halogens is 1. The average molecular weight is 402 g/mol. The van der Waals surface area contributed by atoms with Gasteiger partial charge in [-0.05, 0) is 59.1 Å². The minimum atomic E-state index is -0.697. The highest BCUT2D eigenvalue weighted by Crippen LogP contribution is 2.38. The minimum absolute atomic E-state index is 0.0912. The fourth-order valence-electron chi connectivity index (χ4n) is 3.69. The molecule has 0 radical (unpaired) electrons. The number of methoxy groups -OCH3 is 1. The van der Waals surface area contributed by atoms with E-state index >= 15 is 4.39 Å². The summed E-state index contributed by atoms with van der Waals surface area (Å²) in [4.78, 5) is 0. The van der Waals surface area contributed by atoms with E-state index in [1.54, 1.807) is 24.1 Å². The van der Waals surface area contributed by atoms with Gasteiger partial charge in [0.2, 0.25) is 0 Å². The number of hydrogen-bond acceptors (Lipinski definition) is 5. The van der Waals surface area contributed by atoms with Crippen LogP contribution in [0.4, 0.5) is 4.39 Å². The van der Waals surface area contributed by atoms with Crippen LogP contribution in [-0.4, -0.2) is 41.8 Å². The molecule has 2 fully saturated rings. The molecule has 4 rings (SSSR count). The number of benzene rings is 1. The zero-order valence-electron chi connectivity index (χ0n) is 17.7. The lowest BCUT2D eigenvalue weighted by molar-refractivity contribution is -0.0394. The van der Waals surface area contributed by atoms with Crippen molar-refractivity contribution in [1.29, 1.82) is 0 Å². The van der Waals surface area contributed by atoms with E-state index in [4.69, 9.17) is 18.8 Å². The Morgan fingerprint density at radius 1 is 1.17 bits per heavy atom. The Kier molecular flexibility index (Phi) is 5.21. The van der Waals surface area contributed by atoms with Gasteiger partial charge in [-0.15, -0.1) is 0 Å². The van der Waals surface area contributed by atoms with Crippen LogP contribution < -0.4 is 10.2 Å². The Balaban J connectivity index is 1.65. The van der Waals surface area contributed by atoms with Gasteiger partial charge < -0.3 is 18.8 Å². The largest absolute Gasteiger partial charge is 0.498 e. The van der Waals surface area contributed by atoms with Gasteiger partial charge in [0.05, 0.1) is 24.5 Å². The van der Waals surface area contributed by atoms with Crippen molar-refractivity contribution < 1.29 is 23.2 Å². The van der Waals surface area contributed by atoms with Crippen LogP contribution in [0.2, 0.25) is 0 Å². The molecule has 0 aliphatic carbocycles. The molecule has 156 valence electrons. The molecular weight excluding hydrogens is 374 g/mol. The van der Waals surface area contributed by atoms with Gasteiger partial charge in [-0.25, -0.2) is 9.07 Å². The third kappa shape index (κ3) is 3.69. The number of hydrogen-bond donors (Lipinski definition) is 0. The van der Waals surface area contributed by atoms with Crippen LogP contribution in [0, 0.1) is 5.82 Å². The molecule has 3 heterocycles. The summed E-state index contributed by atoms with van der Waals surface area (Å²) >= 11 is 0. The first-order valence-electron chi connectivity index (χ1n) is 10.1. The standard InChI is InChI=1S/C21H28BFN2O4/c1-20(2)21(3,4)29-22(28-20)16-11-17(23)15(10-18(16)26-5)14-12-24-25(13-14)19-8-6-7-9-27-19/h10-13,19H,6-9H2,1-5H3. The second kappa shape index (κ2) is 7.41. The molecule has 1 aromatic heterocycles. The monoisotopic (exact) mass is 402 g/mol. The van der Waals surface area contributed by atoms with Crippen LogP contribution in [0.25, 0.3) is 11.1 Å². The third-order valence-electron chi connectivity index (χ3n) is 6.19. The molecular formula is C21H28BFN2O4. The molecule has 2 aliphatic rings. The first kappa shape index (κ1) is 20.4. The lowest BCUT2D eigenvalue weighted by Gasteiger charge is -2.32. The van der Waals surface area contributed by atoms with Gasteiger partial charge in [0.25, 0.3) is 0 Å². The van der Waals surface area contributed by atoms with Gasteiger partial charge in [0, 0.05) is 29.4 Å². The lowest BCUT2D eigenvalue weighted by atomic mass is 9.77. The highest BCUT2D eigenvalue weighted by Gasteiger charge is 2.52. The molecule has 29 heavy (non-hydrogen) atoms. The SMILES string of the molecule is COc1cc(-c2cnn(C3CCCCO3)c2)c(F)cc1B1OC(C)(C)C(C)(C)O1. The summed E-state index contributed by atoms with van der Waals surface area (Å²) in [5.74, 6) is 0.140. The van der Waals surface area contributed by atoms with E-state index in [1.807, 2.05) is 33.9 Å². The second-order valence-electron chi connectivity index (χ2n) is 8.69. The number of nitrogens with zero attached hydrogens (tertiary/aromatic N) is 2. The number of aromatic nitrogens is 2. The number of ether oxygens (including phenoxy) is 2. The summed E-state index contributed by atoms with van der Waals surface area (Å²) < 4.78 is 40.3. The predicted octanol–water partition coefficient (Wildman–Crippen LogP) is 3.70. The highest BCUT2D eigenvalue weighted by molar-refractivity contribution is 6.63. The van der Waals surface area contributed by atoms with Crippen LogP contribution in [0.15, 0.2) is 24.5 Å². The van der Waals surface area contributed by atoms with Crippen LogP contribution in [-0.2, 0) is 14.0 Å². The van der Waals surface area contributed by atoms with Crippen molar-refractivity contribution >= 4 is 12.6 Å². The van der Waals surface area contributed by atoms with E-state index in [-0.39, 0.29) is 12.0 Å². The quantitative estimate of drug-likeness (QED) is 0.731. The van der Waals surface area contributed by atoms with Crippen molar-refractivity contribution in [3.8, 4) is 16.9 Å². The Bertz CT molecular complexity index is 877. The van der Waals surface area contributed by atoms with Crippen molar-refractivity contribution in [2.24, 2.45) is 0 Å². The normalized spacial score (nSPS) is 23.4. The van der Waals surface area contributed by atoms with Crippen LogP contribution in [0.3, 0.4) is 0 Å². The summed E-state index contributed by atoms with van der Waals surface area (Å²) in [6.07, 6.45) is 6.47. The lowest BCUT2D eigenvalue weighted by Crippen LogP contribution is -2.41. The molecule has 1 unspecified atom stereocenters. The van der Waals surface area contributed by atoms with Gasteiger partial charge in [0.15, 0.2) is 0 Å². The van der Waals surface area contributed by atoms with Crippen molar-refractivity contribution in [2.75, 3.05) is 13.7 Å². The molecule has 1 aromatic carbocycles. The first-order valence-corrected chi connectivity index (χ1v) is 10.1. The Labute approximate surface area is 171 Å². The van der Waals surface area contributed by atoms with E-state index in [1.165, 1.54) is 6.07 Å². The third-order valence-corrected chi connectivity index (χ3v) is 6.19. The van der Waals surface area contributed by atoms with Crippen molar-refractivity contribution in [1.82, 2.24) is 9.78 Å². The fraction of sp³-hybridized carbons (Fsp3) is 0.571. The molecule has 8 heteroatoms. The van der Waals surface area contributed by atoms with Gasteiger partial charge >= 0.3 is 7.12 Å². The maximum Gasteiger partial charge on any atom is 0.498 e. The molecule has 6 nitrogen and oxygen atoms in total. The Morgan fingerprint density at radius 3 is 2.52 bits per heavy atom. The zero-order chi connectivity index (χ0) is 20.8. The summed E-state index contributed by atoms with van der Waals surface area (Å²) in [7, 11) is 0.863. The molecule has 0 amide bonds. The molecule has 0 saturated carbocycles. The van der Waals surface area contributed by atoms with Crippen molar-refractivity contribution in [3.63, 3.8) is 0 Å². The van der Waals surface area contributed by atoms with E-state index in [0.29, 0.717) is 22.3 Å². The fourth-order valence-corrected chi connectivity index (χ4v) is 3.69. The second-order valence-corrected chi connectivity index (χ2v) is 8.69. The maximum absolute atomic E-state index is 15.1. The smallest absolute Gasteiger partial charge is 0.497 e. The van der Waals surface area contributed by atoms with Crippen LogP contribution >= 0.6 is 0 Å². The summed E-state index contributed by atoms with van der Waals surface area (Å²) in [6.45, 7) is 8.58.